The number of rotatable bonds is 5. The molecule has 0 saturated carbocycles. The second-order valence-corrected chi connectivity index (χ2v) is 7.12. The first-order chi connectivity index (χ1) is 14.5. The van der Waals surface area contributed by atoms with Crippen molar-refractivity contribution in [2.45, 2.75) is 0 Å². The largest absolute Gasteiger partial charge is 0.436 e. The van der Waals surface area contributed by atoms with Gasteiger partial charge in [-0.1, -0.05) is 29.3 Å². The van der Waals surface area contributed by atoms with Gasteiger partial charge in [-0.25, -0.2) is 4.98 Å². The van der Waals surface area contributed by atoms with Crippen LogP contribution in [0.3, 0.4) is 0 Å². The molecule has 0 aliphatic carbocycles. The summed E-state index contributed by atoms with van der Waals surface area (Å²) in [6.45, 7) is 0. The van der Waals surface area contributed by atoms with Gasteiger partial charge >= 0.3 is 0 Å². The highest BCUT2D eigenvalue weighted by molar-refractivity contribution is 6.35. The Kier molecular flexibility index (Phi) is 5.61. The Morgan fingerprint density at radius 2 is 1.83 bits per heavy atom. The number of non-ortho nitro benzene ring substituents is 1. The lowest BCUT2D eigenvalue weighted by Gasteiger charge is -1.99. The molecule has 4 rings (SSSR count). The monoisotopic (exact) mass is 437 g/mol. The van der Waals surface area contributed by atoms with E-state index in [1.165, 1.54) is 12.1 Å². The maximum absolute atomic E-state index is 10.7. The van der Waals surface area contributed by atoms with Crippen molar-refractivity contribution in [3.05, 3.63) is 92.5 Å². The molecule has 0 bridgehead atoms. The summed E-state index contributed by atoms with van der Waals surface area (Å²) in [5.74, 6) is 0.386. The minimum atomic E-state index is -0.430. The zero-order chi connectivity index (χ0) is 21.1. The molecule has 30 heavy (non-hydrogen) atoms. The molecule has 0 spiro atoms. The van der Waals surface area contributed by atoms with Crippen LogP contribution in [0.4, 0.5) is 11.4 Å². The van der Waals surface area contributed by atoms with Crippen LogP contribution in [-0.4, -0.2) is 16.1 Å². The Morgan fingerprint density at radius 3 is 2.60 bits per heavy atom. The Bertz CT molecular complexity index is 1290. The number of fused-ring (bicyclic) bond motifs is 1. The van der Waals surface area contributed by atoms with E-state index >= 15 is 0 Å². The highest BCUT2D eigenvalue weighted by Crippen LogP contribution is 2.33. The highest BCUT2D eigenvalue weighted by Gasteiger charge is 2.12. The van der Waals surface area contributed by atoms with Crippen LogP contribution in [0.25, 0.3) is 28.6 Å². The molecule has 0 amide bonds. The number of allylic oxidation sites excluding steroid dienone is 1. The predicted octanol–water partition coefficient (Wildman–Crippen LogP) is 7.13. The number of hydrogen-bond donors (Lipinski definition) is 0. The van der Waals surface area contributed by atoms with Gasteiger partial charge in [0.2, 0.25) is 5.89 Å². The van der Waals surface area contributed by atoms with Crippen LogP contribution >= 0.6 is 23.2 Å². The average Bonchev–Trinajstić information content (AvgIpc) is 3.16. The van der Waals surface area contributed by atoms with Crippen molar-refractivity contribution in [2.75, 3.05) is 0 Å². The topological polar surface area (TPSA) is 81.5 Å². The average molecular weight is 438 g/mol. The van der Waals surface area contributed by atoms with Crippen molar-refractivity contribution >= 4 is 58.0 Å². The summed E-state index contributed by atoms with van der Waals surface area (Å²) in [6.07, 6.45) is 5.20. The highest BCUT2D eigenvalue weighted by atomic mass is 35.5. The van der Waals surface area contributed by atoms with Crippen LogP contribution in [0.5, 0.6) is 0 Å². The van der Waals surface area contributed by atoms with Crippen molar-refractivity contribution in [1.29, 1.82) is 0 Å². The molecule has 0 aliphatic rings. The molecule has 0 unspecified atom stereocenters. The molecule has 0 saturated heterocycles. The molecule has 6 nitrogen and oxygen atoms in total. The summed E-state index contributed by atoms with van der Waals surface area (Å²) >= 11 is 12.3. The van der Waals surface area contributed by atoms with Crippen LogP contribution in [0, 0.1) is 10.1 Å². The van der Waals surface area contributed by atoms with E-state index in [2.05, 4.69) is 9.98 Å². The van der Waals surface area contributed by atoms with Gasteiger partial charge in [-0.3, -0.25) is 15.1 Å². The smallest absolute Gasteiger partial charge is 0.269 e. The standard InChI is InChI=1S/C22H13Cl2N3O3/c23-15-5-9-19(24)18(12-15)22-26-20-13-16(6-10-21(20)30-22)25-11-1-2-14-3-7-17(8-4-14)27(28)29/h1-13H/b2-1-,25-11?. The van der Waals surface area contributed by atoms with Gasteiger partial charge in [0.25, 0.3) is 5.69 Å². The second kappa shape index (κ2) is 8.49. The van der Waals surface area contributed by atoms with Crippen LogP contribution < -0.4 is 0 Å². The summed E-state index contributed by atoms with van der Waals surface area (Å²) in [4.78, 5) is 19.1. The van der Waals surface area contributed by atoms with Gasteiger partial charge in [0.1, 0.15) is 5.52 Å². The molecule has 0 N–H and O–H groups in total. The van der Waals surface area contributed by atoms with Crippen molar-refractivity contribution in [3.63, 3.8) is 0 Å². The number of nitro benzene ring substituents is 1. The van der Waals surface area contributed by atoms with Crippen molar-refractivity contribution in [1.82, 2.24) is 4.98 Å². The molecule has 0 atom stereocenters. The van der Waals surface area contributed by atoms with E-state index < -0.39 is 4.92 Å². The molecule has 148 valence electrons. The lowest BCUT2D eigenvalue weighted by molar-refractivity contribution is -0.384. The van der Waals surface area contributed by atoms with Crippen LogP contribution in [-0.2, 0) is 0 Å². The van der Waals surface area contributed by atoms with E-state index in [1.54, 1.807) is 60.8 Å². The Hall–Kier alpha value is -3.48. The number of benzene rings is 3. The number of nitro groups is 1. The summed E-state index contributed by atoms with van der Waals surface area (Å²) in [7, 11) is 0. The number of aliphatic imine (C=N–C) groups is 1. The van der Waals surface area contributed by atoms with Gasteiger partial charge in [-0.05, 0) is 60.2 Å². The molecule has 0 radical (unpaired) electrons. The van der Waals surface area contributed by atoms with E-state index in [-0.39, 0.29) is 5.69 Å². The molecule has 0 aliphatic heterocycles. The molecule has 0 fully saturated rings. The van der Waals surface area contributed by atoms with Crippen molar-refractivity contribution in [2.24, 2.45) is 4.99 Å². The molecule has 1 aromatic heterocycles. The minimum absolute atomic E-state index is 0.0557. The molecule has 8 heteroatoms. The number of nitrogens with zero attached hydrogens (tertiary/aromatic N) is 3. The molecular formula is C22H13Cl2N3O3. The normalized spacial score (nSPS) is 11.7. The Balaban J connectivity index is 1.52. The quantitative estimate of drug-likeness (QED) is 0.189. The van der Waals surface area contributed by atoms with Crippen LogP contribution in [0.1, 0.15) is 5.56 Å². The summed E-state index contributed by atoms with van der Waals surface area (Å²) < 4.78 is 5.79. The van der Waals surface area contributed by atoms with Gasteiger partial charge in [-0.15, -0.1) is 0 Å². The number of aromatic nitrogens is 1. The number of hydrogen-bond acceptors (Lipinski definition) is 5. The molecule has 4 aromatic rings. The first-order valence-electron chi connectivity index (χ1n) is 8.81. The summed E-state index contributed by atoms with van der Waals surface area (Å²) in [6, 6.07) is 16.8. The lowest BCUT2D eigenvalue weighted by Crippen LogP contribution is -1.86. The van der Waals surface area contributed by atoms with E-state index in [0.717, 1.165) is 5.56 Å². The zero-order valence-corrected chi connectivity index (χ0v) is 16.8. The van der Waals surface area contributed by atoms with Gasteiger partial charge < -0.3 is 4.42 Å². The molecular weight excluding hydrogens is 425 g/mol. The second-order valence-electron chi connectivity index (χ2n) is 6.28. The van der Waals surface area contributed by atoms with E-state index in [9.17, 15) is 10.1 Å². The van der Waals surface area contributed by atoms with Gasteiger partial charge in [0.05, 0.1) is 21.2 Å². The third-order valence-corrected chi connectivity index (χ3v) is 4.80. The van der Waals surface area contributed by atoms with Gasteiger partial charge in [-0.2, -0.15) is 0 Å². The lowest BCUT2D eigenvalue weighted by atomic mass is 10.2. The SMILES string of the molecule is O=[N+]([O-])c1ccc(/C=C\C=Nc2ccc3oc(-c4cc(Cl)ccc4Cl)nc3c2)cc1. The number of oxazole rings is 1. The van der Waals surface area contributed by atoms with Gasteiger partial charge in [0, 0.05) is 23.4 Å². The first kappa shape index (κ1) is 19.8. The third kappa shape index (κ3) is 4.40. The van der Waals surface area contributed by atoms with Crippen LogP contribution in [0.2, 0.25) is 10.0 Å². The molecule has 3 aromatic carbocycles. The fourth-order valence-electron chi connectivity index (χ4n) is 2.76. The van der Waals surface area contributed by atoms with E-state index in [1.807, 2.05) is 6.07 Å². The summed E-state index contributed by atoms with van der Waals surface area (Å²) in [5.41, 5.74) is 3.48. The maximum atomic E-state index is 10.7. The first-order valence-corrected chi connectivity index (χ1v) is 9.56. The fraction of sp³-hybridized carbons (Fsp3) is 0. The fourth-order valence-corrected chi connectivity index (χ4v) is 3.13. The summed E-state index contributed by atoms with van der Waals surface area (Å²) in [5, 5.41) is 11.7. The zero-order valence-electron chi connectivity index (χ0n) is 15.3. The minimum Gasteiger partial charge on any atom is -0.436 e. The third-order valence-electron chi connectivity index (χ3n) is 4.23. The van der Waals surface area contributed by atoms with E-state index in [0.29, 0.717) is 38.3 Å². The van der Waals surface area contributed by atoms with Crippen molar-refractivity contribution in [3.8, 4) is 11.5 Å². The van der Waals surface area contributed by atoms with Gasteiger partial charge in [0.15, 0.2) is 5.58 Å². The maximum Gasteiger partial charge on any atom is 0.269 e. The Labute approximate surface area is 181 Å². The van der Waals surface area contributed by atoms with E-state index in [4.69, 9.17) is 27.6 Å². The Morgan fingerprint density at radius 1 is 1.03 bits per heavy atom. The molecule has 1 heterocycles. The van der Waals surface area contributed by atoms with Crippen molar-refractivity contribution < 1.29 is 9.34 Å². The predicted molar refractivity (Wildman–Crippen MR) is 120 cm³/mol. The number of halogens is 2. The van der Waals surface area contributed by atoms with Crippen LogP contribution in [0.15, 0.2) is 76.1 Å².